The molecule has 3 aromatic carbocycles. The van der Waals surface area contributed by atoms with Gasteiger partial charge in [0, 0.05) is 57.1 Å². The highest BCUT2D eigenvalue weighted by molar-refractivity contribution is 7.22. The van der Waals surface area contributed by atoms with Crippen LogP contribution in [0, 0.1) is 13.8 Å². The molecule has 218 valence electrons. The van der Waals surface area contributed by atoms with Gasteiger partial charge in [0.2, 0.25) is 0 Å². The maximum absolute atomic E-state index is 13.1. The minimum atomic E-state index is -0.718. The van der Waals surface area contributed by atoms with Crippen molar-refractivity contribution in [2.24, 2.45) is 7.05 Å². The molecule has 7 heteroatoms. The maximum atomic E-state index is 13.1. The molecular weight excluding hydrogens is 574 g/mol. The lowest BCUT2D eigenvalue weighted by Crippen LogP contribution is -2.27. The molecule has 0 amide bonds. The van der Waals surface area contributed by atoms with Crippen molar-refractivity contribution in [2.45, 2.75) is 53.2 Å². The first-order chi connectivity index (χ1) is 20.4. The predicted octanol–water partition coefficient (Wildman–Crippen LogP) is 9.90. The van der Waals surface area contributed by atoms with Crippen molar-refractivity contribution in [1.29, 1.82) is 0 Å². The molecular formula is C36H34ClN3O2S. The van der Waals surface area contributed by atoms with Crippen molar-refractivity contribution >= 4 is 49.8 Å². The fourth-order valence-electron chi connectivity index (χ4n) is 5.64. The number of aromatic nitrogens is 3. The number of fused-ring (bicyclic) bond motifs is 2. The minimum Gasteiger partial charge on any atom is -0.360 e. The summed E-state index contributed by atoms with van der Waals surface area (Å²) in [6.45, 7) is 11.7. The van der Waals surface area contributed by atoms with E-state index in [4.69, 9.17) is 26.3 Å². The Kier molecular flexibility index (Phi) is 7.49. The Bertz CT molecular complexity index is 2020. The largest absolute Gasteiger partial charge is 0.360 e. The first-order valence-corrected chi connectivity index (χ1v) is 15.5. The molecule has 0 N–H and O–H groups in total. The molecule has 0 bridgehead atoms. The van der Waals surface area contributed by atoms with Gasteiger partial charge in [0.05, 0.1) is 21.5 Å². The number of carbonyl (C=O) groups is 1. The topological polar surface area (TPSA) is 57.0 Å². The van der Waals surface area contributed by atoms with Crippen LogP contribution in [0.4, 0.5) is 0 Å². The van der Waals surface area contributed by atoms with Gasteiger partial charge in [-0.25, -0.2) is 4.98 Å². The van der Waals surface area contributed by atoms with Gasteiger partial charge in [0.25, 0.3) is 0 Å². The molecule has 6 aromatic rings. The van der Waals surface area contributed by atoms with Gasteiger partial charge in [-0.3, -0.25) is 9.78 Å². The van der Waals surface area contributed by atoms with Crippen molar-refractivity contribution in [3.8, 4) is 33.0 Å². The Morgan fingerprint density at radius 1 is 0.953 bits per heavy atom. The number of nitrogens with zero attached hydrogens (tertiary/aromatic N) is 3. The van der Waals surface area contributed by atoms with E-state index in [0.717, 1.165) is 54.3 Å². The second-order valence-corrected chi connectivity index (χ2v) is 13.6. The third-order valence-corrected chi connectivity index (χ3v) is 9.14. The molecule has 0 aliphatic heterocycles. The molecule has 0 aliphatic rings. The van der Waals surface area contributed by atoms with E-state index in [2.05, 4.69) is 54.9 Å². The molecule has 0 unspecified atom stereocenters. The number of aryl methyl sites for hydroxylation is 3. The lowest BCUT2D eigenvalue weighted by molar-refractivity contribution is -0.138. The van der Waals surface area contributed by atoms with E-state index in [9.17, 15) is 4.79 Å². The van der Waals surface area contributed by atoms with E-state index in [1.807, 2.05) is 64.2 Å². The normalized spacial score (nSPS) is 12.7. The van der Waals surface area contributed by atoms with Gasteiger partial charge < -0.3 is 9.30 Å². The molecule has 3 aromatic heterocycles. The zero-order valence-corrected chi connectivity index (χ0v) is 27.0. The van der Waals surface area contributed by atoms with Gasteiger partial charge in [-0.1, -0.05) is 29.8 Å². The zero-order chi connectivity index (χ0) is 30.6. The van der Waals surface area contributed by atoms with Crippen LogP contribution in [0.25, 0.3) is 54.1 Å². The van der Waals surface area contributed by atoms with Crippen LogP contribution < -0.4 is 0 Å². The molecule has 3 heterocycles. The fourth-order valence-corrected chi connectivity index (χ4v) is 6.89. The monoisotopic (exact) mass is 607 g/mol. The predicted molar refractivity (Wildman–Crippen MR) is 179 cm³/mol. The second-order valence-electron chi connectivity index (χ2n) is 12.1. The molecule has 1 atom stereocenters. The third kappa shape index (κ3) is 5.63. The van der Waals surface area contributed by atoms with Crippen LogP contribution in [-0.2, 0) is 16.6 Å². The van der Waals surface area contributed by atoms with Crippen LogP contribution in [0.5, 0.6) is 0 Å². The number of ketones is 1. The Hall–Kier alpha value is -3.84. The molecule has 6 rings (SSSR count). The van der Waals surface area contributed by atoms with Gasteiger partial charge in [-0.15, -0.1) is 11.3 Å². The summed E-state index contributed by atoms with van der Waals surface area (Å²) in [6, 6.07) is 22.6. The molecule has 0 spiro atoms. The van der Waals surface area contributed by atoms with Gasteiger partial charge >= 0.3 is 0 Å². The second kappa shape index (κ2) is 11.0. The first-order valence-electron chi connectivity index (χ1n) is 14.3. The number of ether oxygens (including phenoxy) is 1. The lowest BCUT2D eigenvalue weighted by Gasteiger charge is -2.29. The van der Waals surface area contributed by atoms with Gasteiger partial charge in [-0.2, -0.15) is 0 Å². The SMILES string of the molecule is CC(=O)[C@@H](OC(C)(C)C)c1c(C)cc2nc(-c3ccnc(-c4ccc5c(c4)cc(C)n5C)c3)sc2c1-c1ccc(Cl)cc1. The van der Waals surface area contributed by atoms with E-state index >= 15 is 0 Å². The van der Waals surface area contributed by atoms with E-state index in [-0.39, 0.29) is 5.78 Å². The van der Waals surface area contributed by atoms with E-state index in [1.165, 1.54) is 16.6 Å². The fraction of sp³-hybridized carbons (Fsp3) is 0.250. The maximum Gasteiger partial charge on any atom is 0.163 e. The highest BCUT2D eigenvalue weighted by Gasteiger charge is 2.30. The number of pyridine rings is 1. The Morgan fingerprint density at radius 2 is 1.67 bits per heavy atom. The number of hydrogen-bond acceptors (Lipinski definition) is 5. The van der Waals surface area contributed by atoms with Gasteiger partial charge in [0.15, 0.2) is 5.78 Å². The Balaban J connectivity index is 1.52. The van der Waals surface area contributed by atoms with Crippen molar-refractivity contribution in [3.63, 3.8) is 0 Å². The number of halogens is 1. The quantitative estimate of drug-likeness (QED) is 0.189. The average molecular weight is 608 g/mol. The highest BCUT2D eigenvalue weighted by Crippen LogP contribution is 2.44. The number of rotatable bonds is 6. The van der Waals surface area contributed by atoms with Crippen LogP contribution in [0.3, 0.4) is 0 Å². The summed E-state index contributed by atoms with van der Waals surface area (Å²) < 4.78 is 9.59. The van der Waals surface area contributed by atoms with E-state index in [0.29, 0.717) is 5.02 Å². The molecule has 43 heavy (non-hydrogen) atoms. The van der Waals surface area contributed by atoms with E-state index < -0.39 is 11.7 Å². The summed E-state index contributed by atoms with van der Waals surface area (Å²) in [5, 5.41) is 2.73. The molecule has 0 fully saturated rings. The standard InChI is InChI=1S/C36H34ClN3O2S/c1-20-16-29-34(32(23-8-11-27(37)12-9-23)31(20)33(22(3)41)42-36(4,5)6)43-35(39-29)25-14-15-38-28(19-25)24-10-13-30-26(18-24)17-21(2)40(30)7/h8-19,33H,1-7H3/t33-/m1/s1. The highest BCUT2D eigenvalue weighted by atomic mass is 35.5. The summed E-state index contributed by atoms with van der Waals surface area (Å²) in [6.07, 6.45) is 1.13. The van der Waals surface area contributed by atoms with Crippen LogP contribution in [0.15, 0.2) is 72.9 Å². The molecule has 0 radical (unpaired) electrons. The van der Waals surface area contributed by atoms with Gasteiger partial charge in [0.1, 0.15) is 11.1 Å². The van der Waals surface area contributed by atoms with Gasteiger partial charge in [-0.05, 0) is 101 Å². The van der Waals surface area contributed by atoms with Crippen LogP contribution in [0.2, 0.25) is 5.02 Å². The number of Topliss-reactive ketones (excluding diaryl/α,β-unsaturated/α-hetero) is 1. The van der Waals surface area contributed by atoms with Crippen molar-refractivity contribution in [3.05, 3.63) is 94.8 Å². The number of benzene rings is 3. The number of thiazole rings is 1. The molecule has 0 saturated carbocycles. The summed E-state index contributed by atoms with van der Waals surface area (Å²) in [7, 11) is 2.09. The number of hydrogen-bond donors (Lipinski definition) is 0. The molecule has 5 nitrogen and oxygen atoms in total. The summed E-state index contributed by atoms with van der Waals surface area (Å²) in [4.78, 5) is 22.9. The summed E-state index contributed by atoms with van der Waals surface area (Å²) in [5.74, 6) is -0.0401. The zero-order valence-electron chi connectivity index (χ0n) is 25.4. The lowest BCUT2D eigenvalue weighted by atomic mass is 9.90. The van der Waals surface area contributed by atoms with Crippen molar-refractivity contribution in [2.75, 3.05) is 0 Å². The smallest absolute Gasteiger partial charge is 0.163 e. The summed E-state index contributed by atoms with van der Waals surface area (Å²) >= 11 is 7.90. The molecule has 0 aliphatic carbocycles. The van der Waals surface area contributed by atoms with Crippen molar-refractivity contribution in [1.82, 2.24) is 14.5 Å². The molecule has 0 saturated heterocycles. The minimum absolute atomic E-state index is 0.0401. The Morgan fingerprint density at radius 3 is 2.37 bits per heavy atom. The average Bonchev–Trinajstić information content (AvgIpc) is 3.51. The van der Waals surface area contributed by atoms with Crippen LogP contribution in [0.1, 0.15) is 50.6 Å². The summed E-state index contributed by atoms with van der Waals surface area (Å²) in [5.41, 5.74) is 9.48. The van der Waals surface area contributed by atoms with E-state index in [1.54, 1.807) is 18.3 Å². The third-order valence-electron chi connectivity index (χ3n) is 7.75. The first kappa shape index (κ1) is 29.2. The van der Waals surface area contributed by atoms with Crippen molar-refractivity contribution < 1.29 is 9.53 Å². The Labute approximate surface area is 261 Å². The van der Waals surface area contributed by atoms with Crippen LogP contribution in [-0.4, -0.2) is 25.9 Å². The number of carbonyl (C=O) groups excluding carboxylic acids is 1. The van der Waals surface area contributed by atoms with Crippen LogP contribution >= 0.6 is 22.9 Å².